The molecule has 17 heavy (non-hydrogen) atoms. The summed E-state index contributed by atoms with van der Waals surface area (Å²) >= 11 is 1.52. The molecule has 1 N–H and O–H groups in total. The summed E-state index contributed by atoms with van der Waals surface area (Å²) in [5, 5.41) is 4.03. The van der Waals surface area contributed by atoms with Crippen LogP contribution in [0, 0.1) is 6.92 Å². The van der Waals surface area contributed by atoms with Crippen LogP contribution in [0.1, 0.15) is 48.0 Å². The number of Topliss-reactive ketones (excluding diaryl/α,β-unsaturated/α-hetero) is 1. The SMILES string of the molecule is CC(=O)c1nc(NC2=NCCCCC2)sc1C. The maximum Gasteiger partial charge on any atom is 0.188 e. The molecule has 2 rings (SSSR count). The number of aromatic nitrogens is 1. The van der Waals surface area contributed by atoms with Crippen LogP contribution in [0.3, 0.4) is 0 Å². The number of carbonyl (C=O) groups is 1. The lowest BCUT2D eigenvalue weighted by molar-refractivity contribution is 0.101. The molecule has 0 unspecified atom stereocenters. The Morgan fingerprint density at radius 2 is 2.18 bits per heavy atom. The molecule has 0 radical (unpaired) electrons. The molecular weight excluding hydrogens is 234 g/mol. The molecule has 1 aliphatic rings. The molecule has 0 aromatic carbocycles. The minimum Gasteiger partial charge on any atom is -0.320 e. The van der Waals surface area contributed by atoms with Gasteiger partial charge in [0.2, 0.25) is 0 Å². The first-order valence-electron chi connectivity index (χ1n) is 5.95. The van der Waals surface area contributed by atoms with Crippen molar-refractivity contribution < 1.29 is 4.79 Å². The zero-order chi connectivity index (χ0) is 12.3. The van der Waals surface area contributed by atoms with Crippen LogP contribution in [-0.2, 0) is 0 Å². The van der Waals surface area contributed by atoms with Crippen LogP contribution < -0.4 is 5.32 Å². The van der Waals surface area contributed by atoms with E-state index in [-0.39, 0.29) is 5.78 Å². The largest absolute Gasteiger partial charge is 0.320 e. The fourth-order valence-corrected chi connectivity index (χ4v) is 2.76. The van der Waals surface area contributed by atoms with Gasteiger partial charge in [-0.05, 0) is 19.8 Å². The van der Waals surface area contributed by atoms with E-state index in [1.165, 1.54) is 30.6 Å². The third-order valence-electron chi connectivity index (χ3n) is 2.76. The van der Waals surface area contributed by atoms with E-state index in [9.17, 15) is 4.79 Å². The van der Waals surface area contributed by atoms with Crippen LogP contribution in [0.15, 0.2) is 4.99 Å². The van der Waals surface area contributed by atoms with E-state index in [1.54, 1.807) is 6.92 Å². The average Bonchev–Trinajstić information content (AvgIpc) is 2.50. The molecule has 2 heterocycles. The number of amidine groups is 1. The van der Waals surface area contributed by atoms with Crippen molar-refractivity contribution in [3.63, 3.8) is 0 Å². The van der Waals surface area contributed by atoms with Gasteiger partial charge in [0.1, 0.15) is 11.5 Å². The Balaban J connectivity index is 2.10. The highest BCUT2D eigenvalue weighted by atomic mass is 32.1. The monoisotopic (exact) mass is 251 g/mol. The van der Waals surface area contributed by atoms with Crippen molar-refractivity contribution >= 4 is 28.1 Å². The number of aliphatic imine (C=N–C) groups is 1. The highest BCUT2D eigenvalue weighted by Gasteiger charge is 2.13. The molecule has 5 heteroatoms. The van der Waals surface area contributed by atoms with Gasteiger partial charge in [-0.15, -0.1) is 11.3 Å². The van der Waals surface area contributed by atoms with Crippen molar-refractivity contribution in [3.8, 4) is 0 Å². The molecule has 1 aromatic heterocycles. The predicted octanol–water partition coefficient (Wildman–Crippen LogP) is 3.04. The van der Waals surface area contributed by atoms with Gasteiger partial charge in [0.25, 0.3) is 0 Å². The second kappa shape index (κ2) is 5.40. The van der Waals surface area contributed by atoms with Crippen LogP contribution in [0.25, 0.3) is 0 Å². The van der Waals surface area contributed by atoms with Crippen LogP contribution in [0.2, 0.25) is 0 Å². The first-order valence-corrected chi connectivity index (χ1v) is 6.77. The Hall–Kier alpha value is -1.23. The molecule has 4 nitrogen and oxygen atoms in total. The number of rotatable bonds is 2. The molecule has 0 bridgehead atoms. The molecule has 0 amide bonds. The van der Waals surface area contributed by atoms with Crippen LogP contribution in [0.4, 0.5) is 5.13 Å². The second-order valence-electron chi connectivity index (χ2n) is 4.24. The smallest absolute Gasteiger partial charge is 0.188 e. The molecule has 0 atom stereocenters. The van der Waals surface area contributed by atoms with Crippen molar-refractivity contribution in [2.75, 3.05) is 11.9 Å². The summed E-state index contributed by atoms with van der Waals surface area (Å²) in [5.74, 6) is 1.03. The Morgan fingerprint density at radius 1 is 1.35 bits per heavy atom. The standard InChI is InChI=1S/C12H17N3OS/c1-8(16)11-9(2)17-12(15-11)14-10-6-4-3-5-7-13-10/h3-7H2,1-2H3,(H,13,14,15). The van der Waals surface area contributed by atoms with Gasteiger partial charge in [-0.2, -0.15) is 0 Å². The van der Waals surface area contributed by atoms with E-state index in [0.717, 1.165) is 28.8 Å². The van der Waals surface area contributed by atoms with E-state index in [0.29, 0.717) is 5.69 Å². The van der Waals surface area contributed by atoms with Gasteiger partial charge in [0.05, 0.1) is 0 Å². The molecule has 0 saturated heterocycles. The number of thiazole rings is 1. The number of ketones is 1. The van der Waals surface area contributed by atoms with E-state index in [2.05, 4.69) is 15.3 Å². The van der Waals surface area contributed by atoms with Gasteiger partial charge in [0, 0.05) is 24.8 Å². The van der Waals surface area contributed by atoms with Gasteiger partial charge < -0.3 is 5.32 Å². The molecule has 1 aromatic rings. The lowest BCUT2D eigenvalue weighted by atomic mass is 10.2. The molecule has 0 fully saturated rings. The Labute approximate surface area is 105 Å². The molecule has 0 saturated carbocycles. The minimum absolute atomic E-state index is 0.0228. The zero-order valence-corrected chi connectivity index (χ0v) is 11.1. The second-order valence-corrected chi connectivity index (χ2v) is 5.45. The summed E-state index contributed by atoms with van der Waals surface area (Å²) in [6.45, 7) is 4.37. The number of nitrogens with zero attached hydrogens (tertiary/aromatic N) is 2. The predicted molar refractivity (Wildman–Crippen MR) is 71.2 cm³/mol. The van der Waals surface area contributed by atoms with Gasteiger partial charge >= 0.3 is 0 Å². The Bertz CT molecular complexity index is 451. The van der Waals surface area contributed by atoms with E-state index < -0.39 is 0 Å². The van der Waals surface area contributed by atoms with Gasteiger partial charge in [0.15, 0.2) is 10.9 Å². The summed E-state index contributed by atoms with van der Waals surface area (Å²) in [7, 11) is 0. The number of anilines is 1. The Kier molecular flexibility index (Phi) is 3.89. The summed E-state index contributed by atoms with van der Waals surface area (Å²) in [5.41, 5.74) is 0.576. The topological polar surface area (TPSA) is 54.4 Å². The van der Waals surface area contributed by atoms with Gasteiger partial charge in [-0.1, -0.05) is 6.42 Å². The average molecular weight is 251 g/mol. The highest BCUT2D eigenvalue weighted by molar-refractivity contribution is 7.16. The third-order valence-corrected chi connectivity index (χ3v) is 3.64. The first kappa shape index (κ1) is 12.2. The minimum atomic E-state index is 0.0228. The first-order chi connectivity index (χ1) is 8.16. The lowest BCUT2D eigenvalue weighted by Crippen LogP contribution is -2.11. The Morgan fingerprint density at radius 3 is 2.88 bits per heavy atom. The summed E-state index contributed by atoms with van der Waals surface area (Å²) in [4.78, 5) is 21.1. The zero-order valence-electron chi connectivity index (χ0n) is 10.2. The van der Waals surface area contributed by atoms with E-state index >= 15 is 0 Å². The van der Waals surface area contributed by atoms with E-state index in [1.807, 2.05) is 6.92 Å². The number of nitrogens with one attached hydrogen (secondary N) is 1. The normalized spacial score (nSPS) is 16.2. The highest BCUT2D eigenvalue weighted by Crippen LogP contribution is 2.23. The fourth-order valence-electron chi connectivity index (χ4n) is 1.88. The maximum atomic E-state index is 11.3. The summed E-state index contributed by atoms with van der Waals surface area (Å²) in [6.07, 6.45) is 4.56. The van der Waals surface area contributed by atoms with Crippen molar-refractivity contribution in [2.24, 2.45) is 4.99 Å². The fraction of sp³-hybridized carbons (Fsp3) is 0.583. The number of aryl methyl sites for hydroxylation is 1. The number of carbonyl (C=O) groups excluding carboxylic acids is 1. The molecule has 0 spiro atoms. The number of hydrogen-bond acceptors (Lipinski definition) is 5. The molecular formula is C12H17N3OS. The van der Waals surface area contributed by atoms with Crippen LogP contribution in [-0.4, -0.2) is 23.1 Å². The van der Waals surface area contributed by atoms with E-state index in [4.69, 9.17) is 0 Å². The number of hydrogen-bond donors (Lipinski definition) is 1. The molecule has 0 aliphatic carbocycles. The van der Waals surface area contributed by atoms with Gasteiger partial charge in [-0.25, -0.2) is 4.98 Å². The summed E-state index contributed by atoms with van der Waals surface area (Å²) in [6, 6.07) is 0. The quantitative estimate of drug-likeness (QED) is 0.822. The van der Waals surface area contributed by atoms with Gasteiger partial charge in [-0.3, -0.25) is 9.79 Å². The summed E-state index contributed by atoms with van der Waals surface area (Å²) < 4.78 is 0. The van der Waals surface area contributed by atoms with Crippen molar-refractivity contribution in [1.82, 2.24) is 4.98 Å². The van der Waals surface area contributed by atoms with Crippen molar-refractivity contribution in [1.29, 1.82) is 0 Å². The van der Waals surface area contributed by atoms with Crippen molar-refractivity contribution in [2.45, 2.75) is 39.5 Å². The lowest BCUT2D eigenvalue weighted by Gasteiger charge is -2.03. The molecule has 1 aliphatic heterocycles. The molecule has 92 valence electrons. The van der Waals surface area contributed by atoms with Crippen molar-refractivity contribution in [3.05, 3.63) is 10.6 Å². The maximum absolute atomic E-state index is 11.3. The van der Waals surface area contributed by atoms with Crippen LogP contribution in [0.5, 0.6) is 0 Å². The van der Waals surface area contributed by atoms with Crippen LogP contribution >= 0.6 is 11.3 Å². The third kappa shape index (κ3) is 3.12.